The molecule has 1 aliphatic heterocycles. The summed E-state index contributed by atoms with van der Waals surface area (Å²) in [6.07, 6.45) is 0.0680. The lowest BCUT2D eigenvalue weighted by Gasteiger charge is -2.38. The Morgan fingerprint density at radius 1 is 1.25 bits per heavy atom. The number of aryl methyl sites for hydroxylation is 1. The molecule has 2 aromatic rings. The third kappa shape index (κ3) is 7.70. The predicted octanol–water partition coefficient (Wildman–Crippen LogP) is 3.90. The van der Waals surface area contributed by atoms with Gasteiger partial charge in [-0.25, -0.2) is 9.37 Å². The number of halogens is 2. The highest BCUT2D eigenvalue weighted by Gasteiger charge is 2.28. The van der Waals surface area contributed by atoms with Crippen LogP contribution in [0.3, 0.4) is 0 Å². The number of hydrogen-bond acceptors (Lipinski definition) is 4. The predicted molar refractivity (Wildman–Crippen MR) is 135 cm³/mol. The van der Waals surface area contributed by atoms with Crippen molar-refractivity contribution in [2.24, 2.45) is 4.99 Å². The van der Waals surface area contributed by atoms with E-state index < -0.39 is 0 Å². The molecule has 0 bridgehead atoms. The van der Waals surface area contributed by atoms with E-state index in [4.69, 9.17) is 4.74 Å². The summed E-state index contributed by atoms with van der Waals surface area (Å²) in [6.45, 7) is 8.25. The first-order valence-corrected chi connectivity index (χ1v) is 10.6. The smallest absolute Gasteiger partial charge is 0.227 e. The molecule has 1 aromatic carbocycles. The molecule has 0 saturated carbocycles. The number of anilines is 1. The lowest BCUT2D eigenvalue weighted by Crippen LogP contribution is -2.50. The molecule has 3 rings (SSSR count). The van der Waals surface area contributed by atoms with Crippen LogP contribution in [0.25, 0.3) is 0 Å². The SMILES string of the molecule is CCNC(=NCCC(=O)Nc1cccc(C)n1)N1CC(C)OC(c2ccc(F)cc2)C1.I. The Balaban J connectivity index is 0.00000363. The highest BCUT2D eigenvalue weighted by atomic mass is 127. The van der Waals surface area contributed by atoms with E-state index in [0.717, 1.165) is 17.2 Å². The number of benzene rings is 1. The van der Waals surface area contributed by atoms with Crippen molar-refractivity contribution in [2.45, 2.75) is 39.4 Å². The molecule has 9 heteroatoms. The average molecular weight is 555 g/mol. The van der Waals surface area contributed by atoms with E-state index in [9.17, 15) is 9.18 Å². The first kappa shape index (κ1) is 26.0. The van der Waals surface area contributed by atoms with Crippen molar-refractivity contribution >= 4 is 41.7 Å². The molecule has 1 fully saturated rings. The molecule has 7 nitrogen and oxygen atoms in total. The number of aromatic nitrogens is 1. The number of rotatable bonds is 6. The van der Waals surface area contributed by atoms with Crippen LogP contribution in [0.5, 0.6) is 0 Å². The standard InChI is InChI=1S/C23H30FN5O2.HI/c1-4-25-23(26-13-12-22(30)28-21-7-5-6-16(2)27-21)29-14-17(3)31-20(15-29)18-8-10-19(24)11-9-18;/h5-11,17,20H,4,12-15H2,1-3H3,(H,25,26)(H,27,28,30);1H. The minimum atomic E-state index is -0.265. The zero-order chi connectivity index (χ0) is 22.2. The van der Waals surface area contributed by atoms with Crippen molar-refractivity contribution in [3.05, 3.63) is 59.5 Å². The van der Waals surface area contributed by atoms with Gasteiger partial charge in [0.2, 0.25) is 5.91 Å². The molecule has 1 aliphatic rings. The van der Waals surface area contributed by atoms with Gasteiger partial charge in [0.05, 0.1) is 19.2 Å². The zero-order valence-electron chi connectivity index (χ0n) is 18.7. The zero-order valence-corrected chi connectivity index (χ0v) is 21.0. The molecule has 2 atom stereocenters. The average Bonchev–Trinajstić information content (AvgIpc) is 2.73. The molecule has 2 unspecified atom stereocenters. The number of aliphatic imine (C=N–C) groups is 1. The molecule has 174 valence electrons. The third-order valence-corrected chi connectivity index (χ3v) is 4.89. The van der Waals surface area contributed by atoms with E-state index in [1.165, 1.54) is 12.1 Å². The molecule has 0 spiro atoms. The van der Waals surface area contributed by atoms with Crippen LogP contribution in [0.1, 0.15) is 37.6 Å². The number of guanidine groups is 1. The van der Waals surface area contributed by atoms with Gasteiger partial charge in [-0.05, 0) is 50.6 Å². The first-order chi connectivity index (χ1) is 14.9. The maximum atomic E-state index is 13.3. The fourth-order valence-electron chi connectivity index (χ4n) is 3.49. The van der Waals surface area contributed by atoms with Gasteiger partial charge in [-0.2, -0.15) is 0 Å². The van der Waals surface area contributed by atoms with Gasteiger partial charge in [0.25, 0.3) is 0 Å². The number of morpholine rings is 1. The molecule has 0 aliphatic carbocycles. The summed E-state index contributed by atoms with van der Waals surface area (Å²) in [5.74, 6) is 0.895. The van der Waals surface area contributed by atoms with E-state index in [1.54, 1.807) is 18.2 Å². The van der Waals surface area contributed by atoms with Crippen LogP contribution in [0.4, 0.5) is 10.2 Å². The summed E-state index contributed by atoms with van der Waals surface area (Å²) >= 11 is 0. The van der Waals surface area contributed by atoms with E-state index in [-0.39, 0.29) is 54.3 Å². The normalized spacial score (nSPS) is 18.6. The lowest BCUT2D eigenvalue weighted by molar-refractivity contribution is -0.116. The molecular formula is C23H31FIN5O2. The Morgan fingerprint density at radius 2 is 2.00 bits per heavy atom. The van der Waals surface area contributed by atoms with Crippen LogP contribution in [0.15, 0.2) is 47.5 Å². The van der Waals surface area contributed by atoms with Crippen LogP contribution in [-0.2, 0) is 9.53 Å². The van der Waals surface area contributed by atoms with Crippen LogP contribution < -0.4 is 10.6 Å². The van der Waals surface area contributed by atoms with Crippen molar-refractivity contribution < 1.29 is 13.9 Å². The molecule has 2 heterocycles. The second kappa shape index (κ2) is 12.7. The van der Waals surface area contributed by atoms with E-state index in [0.29, 0.717) is 32.0 Å². The Bertz CT molecular complexity index is 910. The van der Waals surface area contributed by atoms with Crippen molar-refractivity contribution in [1.29, 1.82) is 0 Å². The molecule has 1 saturated heterocycles. The van der Waals surface area contributed by atoms with Crippen molar-refractivity contribution in [3.63, 3.8) is 0 Å². The van der Waals surface area contributed by atoms with Crippen LogP contribution in [0.2, 0.25) is 0 Å². The highest BCUT2D eigenvalue weighted by molar-refractivity contribution is 14.0. The number of amides is 1. The maximum absolute atomic E-state index is 13.3. The van der Waals surface area contributed by atoms with Gasteiger partial charge in [0.15, 0.2) is 5.96 Å². The Kier molecular flexibility index (Phi) is 10.3. The Hall–Kier alpha value is -2.27. The van der Waals surface area contributed by atoms with E-state index in [1.807, 2.05) is 32.9 Å². The minimum Gasteiger partial charge on any atom is -0.367 e. The van der Waals surface area contributed by atoms with Crippen LogP contribution in [-0.4, -0.2) is 54.0 Å². The summed E-state index contributed by atoms with van der Waals surface area (Å²) in [6, 6.07) is 11.9. The van der Waals surface area contributed by atoms with Crippen molar-refractivity contribution in [3.8, 4) is 0 Å². The fourth-order valence-corrected chi connectivity index (χ4v) is 3.49. The van der Waals surface area contributed by atoms with Gasteiger partial charge < -0.3 is 20.3 Å². The number of pyridine rings is 1. The van der Waals surface area contributed by atoms with E-state index >= 15 is 0 Å². The highest BCUT2D eigenvalue weighted by Crippen LogP contribution is 2.25. The Labute approximate surface area is 205 Å². The van der Waals surface area contributed by atoms with Crippen molar-refractivity contribution in [2.75, 3.05) is 31.5 Å². The summed E-state index contributed by atoms with van der Waals surface area (Å²) in [5, 5.41) is 6.11. The summed E-state index contributed by atoms with van der Waals surface area (Å²) in [7, 11) is 0. The van der Waals surface area contributed by atoms with Crippen LogP contribution in [0, 0.1) is 12.7 Å². The number of nitrogens with one attached hydrogen (secondary N) is 2. The molecular weight excluding hydrogens is 524 g/mol. The molecule has 0 radical (unpaired) electrons. The molecule has 32 heavy (non-hydrogen) atoms. The summed E-state index contributed by atoms with van der Waals surface area (Å²) < 4.78 is 19.4. The van der Waals surface area contributed by atoms with E-state index in [2.05, 4.69) is 25.5 Å². The molecule has 2 N–H and O–H groups in total. The van der Waals surface area contributed by atoms with Gasteiger partial charge in [-0.1, -0.05) is 18.2 Å². The van der Waals surface area contributed by atoms with Gasteiger partial charge in [-0.15, -0.1) is 24.0 Å². The number of hydrogen-bond donors (Lipinski definition) is 2. The summed E-state index contributed by atoms with van der Waals surface area (Å²) in [5.41, 5.74) is 1.78. The largest absolute Gasteiger partial charge is 0.367 e. The second-order valence-corrected chi connectivity index (χ2v) is 7.59. The summed E-state index contributed by atoms with van der Waals surface area (Å²) in [4.78, 5) is 23.3. The number of carbonyl (C=O) groups excluding carboxylic acids is 1. The van der Waals surface area contributed by atoms with Crippen molar-refractivity contribution in [1.82, 2.24) is 15.2 Å². The first-order valence-electron chi connectivity index (χ1n) is 10.6. The van der Waals surface area contributed by atoms with Gasteiger partial charge in [0.1, 0.15) is 17.7 Å². The van der Waals surface area contributed by atoms with Gasteiger partial charge in [0, 0.05) is 25.2 Å². The molecule has 1 amide bonds. The molecule has 1 aromatic heterocycles. The number of ether oxygens (including phenoxy) is 1. The van der Waals surface area contributed by atoms with Gasteiger partial charge in [-0.3, -0.25) is 9.79 Å². The Morgan fingerprint density at radius 3 is 2.69 bits per heavy atom. The minimum absolute atomic E-state index is 0. The number of nitrogens with zero attached hydrogens (tertiary/aromatic N) is 3. The number of carbonyl (C=O) groups is 1. The quantitative estimate of drug-likeness (QED) is 0.321. The topological polar surface area (TPSA) is 78.8 Å². The maximum Gasteiger partial charge on any atom is 0.227 e. The fraction of sp³-hybridized carbons (Fsp3) is 0.435. The lowest BCUT2D eigenvalue weighted by atomic mass is 10.1. The third-order valence-electron chi connectivity index (χ3n) is 4.89. The van der Waals surface area contributed by atoms with Gasteiger partial charge >= 0.3 is 0 Å². The second-order valence-electron chi connectivity index (χ2n) is 7.59. The van der Waals surface area contributed by atoms with Crippen LogP contribution >= 0.6 is 24.0 Å². The monoisotopic (exact) mass is 555 g/mol.